The van der Waals surface area contributed by atoms with E-state index in [1.165, 1.54) is 11.3 Å². The third-order valence-corrected chi connectivity index (χ3v) is 3.82. The molecule has 1 aromatic rings. The minimum absolute atomic E-state index is 0.121. The first-order valence-electron chi connectivity index (χ1n) is 5.10. The summed E-state index contributed by atoms with van der Waals surface area (Å²) in [5.41, 5.74) is 8.04. The topological polar surface area (TPSA) is 68.0 Å². The molecule has 1 fully saturated rings. The van der Waals surface area contributed by atoms with Crippen LogP contribution in [0.1, 0.15) is 28.2 Å². The lowest BCUT2D eigenvalue weighted by atomic mass is 10.2. The second kappa shape index (κ2) is 4.47. The molecular weight excluding hydrogens is 242 g/mol. The van der Waals surface area contributed by atoms with E-state index in [-0.39, 0.29) is 11.9 Å². The van der Waals surface area contributed by atoms with Crippen LogP contribution in [0, 0.1) is 12.8 Å². The van der Waals surface area contributed by atoms with Crippen LogP contribution in [0.3, 0.4) is 0 Å². The van der Waals surface area contributed by atoms with Gasteiger partial charge in [0.1, 0.15) is 4.88 Å². The van der Waals surface area contributed by atoms with Gasteiger partial charge >= 0.3 is 0 Å². The van der Waals surface area contributed by atoms with Crippen LogP contribution < -0.4 is 11.1 Å². The van der Waals surface area contributed by atoms with Crippen LogP contribution in [0.5, 0.6) is 0 Å². The normalized spacial score (nSPS) is 16.8. The second-order valence-electron chi connectivity index (χ2n) is 3.96. The number of aromatic nitrogens is 1. The molecule has 0 bridgehead atoms. The summed E-state index contributed by atoms with van der Waals surface area (Å²) in [6.07, 6.45) is 2.17. The van der Waals surface area contributed by atoms with Crippen LogP contribution in [0.4, 0.5) is 0 Å². The SMILES string of the molecule is Cc1ncsc1C(=O)NC(C(N)=S)C1CC1. The van der Waals surface area contributed by atoms with Crippen molar-refractivity contribution < 1.29 is 4.79 Å². The molecule has 1 aliphatic carbocycles. The summed E-state index contributed by atoms with van der Waals surface area (Å²) in [7, 11) is 0. The number of thiocarbonyl (C=S) groups is 1. The monoisotopic (exact) mass is 255 g/mol. The molecule has 1 amide bonds. The van der Waals surface area contributed by atoms with Gasteiger partial charge in [0.05, 0.1) is 22.2 Å². The smallest absolute Gasteiger partial charge is 0.263 e. The number of aryl methyl sites for hydroxylation is 1. The quantitative estimate of drug-likeness (QED) is 0.794. The van der Waals surface area contributed by atoms with Crippen LogP contribution in [0.15, 0.2) is 5.51 Å². The number of carbonyl (C=O) groups is 1. The predicted molar refractivity (Wildman–Crippen MR) is 67.6 cm³/mol. The molecule has 0 radical (unpaired) electrons. The van der Waals surface area contributed by atoms with Crippen molar-refractivity contribution in [3.8, 4) is 0 Å². The van der Waals surface area contributed by atoms with Gasteiger partial charge in [-0.1, -0.05) is 12.2 Å². The molecule has 1 atom stereocenters. The Hall–Kier alpha value is -1.01. The Morgan fingerprint density at radius 3 is 2.88 bits per heavy atom. The highest BCUT2D eigenvalue weighted by Gasteiger charge is 2.34. The zero-order valence-corrected chi connectivity index (χ0v) is 10.5. The van der Waals surface area contributed by atoms with Crippen LogP contribution >= 0.6 is 23.6 Å². The molecule has 1 aromatic heterocycles. The fourth-order valence-electron chi connectivity index (χ4n) is 1.58. The van der Waals surface area contributed by atoms with E-state index in [0.717, 1.165) is 18.5 Å². The third kappa shape index (κ3) is 2.38. The number of amides is 1. The molecule has 86 valence electrons. The van der Waals surface area contributed by atoms with E-state index in [1.54, 1.807) is 5.51 Å². The zero-order valence-electron chi connectivity index (χ0n) is 8.90. The van der Waals surface area contributed by atoms with Crippen LogP contribution in [-0.2, 0) is 0 Å². The van der Waals surface area contributed by atoms with E-state index in [1.807, 2.05) is 6.92 Å². The Bertz CT molecular complexity index is 425. The highest BCUT2D eigenvalue weighted by atomic mass is 32.1. The van der Waals surface area contributed by atoms with Crippen LogP contribution in [0.2, 0.25) is 0 Å². The fourth-order valence-corrected chi connectivity index (χ4v) is 2.53. The number of nitrogens with one attached hydrogen (secondary N) is 1. The van der Waals surface area contributed by atoms with Gasteiger partial charge in [-0.2, -0.15) is 0 Å². The molecule has 1 heterocycles. The number of hydrogen-bond donors (Lipinski definition) is 2. The summed E-state index contributed by atoms with van der Waals surface area (Å²) in [6, 6.07) is -0.163. The molecule has 1 saturated carbocycles. The van der Waals surface area contributed by atoms with Crippen molar-refractivity contribution in [3.63, 3.8) is 0 Å². The Labute approximate surface area is 103 Å². The fraction of sp³-hybridized carbons (Fsp3) is 0.500. The van der Waals surface area contributed by atoms with Gasteiger partial charge in [0.2, 0.25) is 0 Å². The van der Waals surface area contributed by atoms with Gasteiger partial charge in [0, 0.05) is 0 Å². The van der Waals surface area contributed by atoms with Gasteiger partial charge in [-0.15, -0.1) is 11.3 Å². The maximum absolute atomic E-state index is 11.9. The van der Waals surface area contributed by atoms with Gasteiger partial charge in [-0.05, 0) is 25.7 Å². The lowest BCUT2D eigenvalue weighted by molar-refractivity contribution is 0.0947. The minimum Gasteiger partial charge on any atom is -0.392 e. The average Bonchev–Trinajstić information content (AvgIpc) is 2.96. The van der Waals surface area contributed by atoms with Crippen molar-refractivity contribution in [2.45, 2.75) is 25.8 Å². The lowest BCUT2D eigenvalue weighted by Crippen LogP contribution is -2.44. The van der Waals surface area contributed by atoms with E-state index in [4.69, 9.17) is 18.0 Å². The van der Waals surface area contributed by atoms with Crippen molar-refractivity contribution in [3.05, 3.63) is 16.1 Å². The first-order chi connectivity index (χ1) is 7.59. The van der Waals surface area contributed by atoms with Gasteiger partial charge < -0.3 is 11.1 Å². The van der Waals surface area contributed by atoms with Crippen molar-refractivity contribution in [2.75, 3.05) is 0 Å². The molecule has 0 saturated heterocycles. The number of nitrogens with two attached hydrogens (primary N) is 1. The highest BCUT2D eigenvalue weighted by molar-refractivity contribution is 7.80. The Morgan fingerprint density at radius 2 is 2.44 bits per heavy atom. The van der Waals surface area contributed by atoms with E-state index < -0.39 is 0 Å². The van der Waals surface area contributed by atoms with Crippen molar-refractivity contribution in [1.82, 2.24) is 10.3 Å². The predicted octanol–water partition coefficient (Wildman–Crippen LogP) is 1.25. The van der Waals surface area contributed by atoms with Crippen molar-refractivity contribution in [2.24, 2.45) is 11.7 Å². The van der Waals surface area contributed by atoms with E-state index >= 15 is 0 Å². The Balaban J connectivity index is 2.06. The molecule has 1 aliphatic rings. The molecule has 6 heteroatoms. The summed E-state index contributed by atoms with van der Waals surface area (Å²) >= 11 is 6.30. The molecular formula is C10H13N3OS2. The summed E-state index contributed by atoms with van der Waals surface area (Å²) in [6.45, 7) is 1.82. The number of thiazole rings is 1. The average molecular weight is 255 g/mol. The van der Waals surface area contributed by atoms with Gasteiger partial charge in [0.25, 0.3) is 5.91 Å². The van der Waals surface area contributed by atoms with Crippen molar-refractivity contribution >= 4 is 34.5 Å². The molecule has 2 rings (SSSR count). The minimum atomic E-state index is -0.163. The van der Waals surface area contributed by atoms with Gasteiger partial charge in [0.15, 0.2) is 0 Å². The molecule has 3 N–H and O–H groups in total. The summed E-state index contributed by atoms with van der Waals surface area (Å²) in [5, 5.41) is 2.89. The van der Waals surface area contributed by atoms with E-state index in [2.05, 4.69) is 10.3 Å². The zero-order chi connectivity index (χ0) is 11.7. The maximum atomic E-state index is 11.9. The summed E-state index contributed by atoms with van der Waals surface area (Å²) < 4.78 is 0. The third-order valence-electron chi connectivity index (χ3n) is 2.64. The largest absolute Gasteiger partial charge is 0.392 e. The van der Waals surface area contributed by atoms with Gasteiger partial charge in [-0.3, -0.25) is 4.79 Å². The van der Waals surface area contributed by atoms with Gasteiger partial charge in [-0.25, -0.2) is 4.98 Å². The number of carbonyl (C=O) groups excluding carboxylic acids is 1. The standard InChI is InChI=1S/C10H13N3OS2/c1-5-8(16-4-12-5)10(14)13-7(9(11)15)6-2-3-6/h4,6-7H,2-3H2,1H3,(H2,11,15)(H,13,14). The molecule has 1 unspecified atom stereocenters. The van der Waals surface area contributed by atoms with Crippen LogP contribution in [0.25, 0.3) is 0 Å². The first kappa shape index (κ1) is 11.5. The first-order valence-corrected chi connectivity index (χ1v) is 6.38. The summed E-state index contributed by atoms with van der Waals surface area (Å²) in [5.74, 6) is 0.305. The number of hydrogen-bond acceptors (Lipinski definition) is 4. The van der Waals surface area contributed by atoms with Crippen molar-refractivity contribution in [1.29, 1.82) is 0 Å². The molecule has 16 heavy (non-hydrogen) atoms. The van der Waals surface area contributed by atoms with E-state index in [0.29, 0.717) is 15.8 Å². The number of nitrogens with zero attached hydrogens (tertiary/aromatic N) is 1. The second-order valence-corrected chi connectivity index (χ2v) is 5.28. The Kier molecular flexibility index (Phi) is 3.20. The summed E-state index contributed by atoms with van der Waals surface area (Å²) in [4.78, 5) is 17.0. The molecule has 0 spiro atoms. The number of rotatable bonds is 4. The molecule has 4 nitrogen and oxygen atoms in total. The Morgan fingerprint density at radius 1 is 1.75 bits per heavy atom. The molecule has 0 aliphatic heterocycles. The lowest BCUT2D eigenvalue weighted by Gasteiger charge is -2.16. The van der Waals surface area contributed by atoms with E-state index in [9.17, 15) is 4.79 Å². The maximum Gasteiger partial charge on any atom is 0.263 e. The van der Waals surface area contributed by atoms with Crippen LogP contribution in [-0.4, -0.2) is 21.9 Å². The molecule has 0 aromatic carbocycles. The highest BCUT2D eigenvalue weighted by Crippen LogP contribution is 2.33.